The Bertz CT molecular complexity index is 836. The van der Waals surface area contributed by atoms with Crippen LogP contribution in [0.3, 0.4) is 0 Å². The van der Waals surface area contributed by atoms with Crippen molar-refractivity contribution in [3.8, 4) is 11.4 Å². The highest BCUT2D eigenvalue weighted by Gasteiger charge is 2.16. The summed E-state index contributed by atoms with van der Waals surface area (Å²) in [5.74, 6) is 1.44. The number of thiophene rings is 1. The van der Waals surface area contributed by atoms with Gasteiger partial charge in [-0.05, 0) is 30.5 Å². The molecule has 0 bridgehead atoms. The van der Waals surface area contributed by atoms with E-state index >= 15 is 0 Å². The number of rotatable bonds is 7. The molecule has 2 aromatic heterocycles. The molecule has 8 heteroatoms. The lowest BCUT2D eigenvalue weighted by molar-refractivity contribution is -0.120. The fraction of sp³-hybridized carbons (Fsp3) is 0.235. The molecule has 0 radical (unpaired) electrons. The number of halogens is 1. The Kier molecular flexibility index (Phi) is 6.12. The molecule has 0 aliphatic rings. The number of benzene rings is 1. The van der Waals surface area contributed by atoms with E-state index in [0.717, 1.165) is 10.4 Å². The van der Waals surface area contributed by atoms with E-state index in [1.807, 2.05) is 36.6 Å². The molecular formula is C17H16ClN3O2S2. The smallest absolute Gasteiger partial charge is 0.236 e. The summed E-state index contributed by atoms with van der Waals surface area (Å²) in [6, 6.07) is 11.2. The number of hydrogen-bond donors (Lipinski definition) is 1. The SMILES string of the molecule is C[C@@H](SCc1nc(-c2cccc(Cl)c2)no1)C(=O)NCc1cccs1. The number of carbonyl (C=O) groups excluding carboxylic acids is 1. The average Bonchev–Trinajstić information content (AvgIpc) is 3.29. The van der Waals surface area contributed by atoms with Crippen LogP contribution in [-0.2, 0) is 17.1 Å². The van der Waals surface area contributed by atoms with Crippen LogP contribution in [0.4, 0.5) is 0 Å². The molecule has 0 saturated carbocycles. The van der Waals surface area contributed by atoms with Gasteiger partial charge >= 0.3 is 0 Å². The van der Waals surface area contributed by atoms with Crippen molar-refractivity contribution in [1.82, 2.24) is 15.5 Å². The van der Waals surface area contributed by atoms with Gasteiger partial charge in [0, 0.05) is 15.5 Å². The second kappa shape index (κ2) is 8.51. The number of nitrogens with one attached hydrogen (secondary N) is 1. The minimum Gasteiger partial charge on any atom is -0.350 e. The molecule has 1 aromatic carbocycles. The predicted octanol–water partition coefficient (Wildman–Crippen LogP) is 4.39. The van der Waals surface area contributed by atoms with Crippen molar-refractivity contribution in [2.24, 2.45) is 0 Å². The fourth-order valence-corrected chi connectivity index (χ4v) is 3.64. The minimum absolute atomic E-state index is 0.00650. The molecule has 0 saturated heterocycles. The van der Waals surface area contributed by atoms with Crippen LogP contribution in [0, 0.1) is 0 Å². The summed E-state index contributed by atoms with van der Waals surface area (Å²) in [6.07, 6.45) is 0. The van der Waals surface area contributed by atoms with Crippen molar-refractivity contribution in [2.75, 3.05) is 0 Å². The first-order valence-electron chi connectivity index (χ1n) is 7.62. The van der Waals surface area contributed by atoms with Gasteiger partial charge in [0.1, 0.15) is 0 Å². The Balaban J connectivity index is 1.50. The monoisotopic (exact) mass is 393 g/mol. The Morgan fingerprint density at radius 1 is 1.40 bits per heavy atom. The van der Waals surface area contributed by atoms with Crippen LogP contribution in [0.2, 0.25) is 5.02 Å². The Hall–Kier alpha value is -1.83. The first kappa shape index (κ1) is 18.0. The second-order valence-electron chi connectivity index (χ2n) is 5.27. The lowest BCUT2D eigenvalue weighted by Crippen LogP contribution is -2.30. The topological polar surface area (TPSA) is 68.0 Å². The van der Waals surface area contributed by atoms with Crippen LogP contribution in [0.15, 0.2) is 46.3 Å². The van der Waals surface area contributed by atoms with Crippen molar-refractivity contribution in [2.45, 2.75) is 24.5 Å². The van der Waals surface area contributed by atoms with Gasteiger partial charge in [-0.25, -0.2) is 0 Å². The summed E-state index contributed by atoms with van der Waals surface area (Å²) in [4.78, 5) is 17.6. The molecule has 1 amide bonds. The normalized spacial score (nSPS) is 12.1. The van der Waals surface area contributed by atoms with Crippen LogP contribution in [0.25, 0.3) is 11.4 Å². The van der Waals surface area contributed by atoms with Gasteiger partial charge in [-0.15, -0.1) is 23.1 Å². The third-order valence-electron chi connectivity index (χ3n) is 3.39. The quantitative estimate of drug-likeness (QED) is 0.644. The van der Waals surface area contributed by atoms with E-state index in [-0.39, 0.29) is 11.2 Å². The number of nitrogens with zero attached hydrogens (tertiary/aromatic N) is 2. The highest BCUT2D eigenvalue weighted by Crippen LogP contribution is 2.22. The Labute approximate surface area is 158 Å². The van der Waals surface area contributed by atoms with E-state index in [9.17, 15) is 4.79 Å². The van der Waals surface area contributed by atoms with Crippen molar-refractivity contribution in [3.63, 3.8) is 0 Å². The van der Waals surface area contributed by atoms with Gasteiger partial charge in [-0.2, -0.15) is 4.98 Å². The molecule has 25 heavy (non-hydrogen) atoms. The number of thioether (sulfide) groups is 1. The molecule has 1 atom stereocenters. The van der Waals surface area contributed by atoms with E-state index < -0.39 is 0 Å². The molecule has 2 heterocycles. The van der Waals surface area contributed by atoms with E-state index in [1.54, 1.807) is 23.5 Å². The third kappa shape index (κ3) is 5.07. The van der Waals surface area contributed by atoms with E-state index in [1.165, 1.54) is 11.8 Å². The van der Waals surface area contributed by atoms with E-state index in [4.69, 9.17) is 16.1 Å². The second-order valence-corrected chi connectivity index (χ2v) is 8.07. The van der Waals surface area contributed by atoms with Gasteiger partial charge in [-0.3, -0.25) is 4.79 Å². The summed E-state index contributed by atoms with van der Waals surface area (Å²) >= 11 is 9.05. The van der Waals surface area contributed by atoms with Crippen molar-refractivity contribution in [1.29, 1.82) is 0 Å². The minimum atomic E-state index is -0.207. The molecule has 130 valence electrons. The van der Waals surface area contributed by atoms with Crippen LogP contribution in [0.5, 0.6) is 0 Å². The fourth-order valence-electron chi connectivity index (χ4n) is 2.06. The molecule has 0 fully saturated rings. The molecule has 1 N–H and O–H groups in total. The Morgan fingerprint density at radius 2 is 2.28 bits per heavy atom. The standard InChI is InChI=1S/C17H16ClN3O2S2/c1-11(17(22)19-9-14-6-3-7-24-14)25-10-15-20-16(21-23-15)12-4-2-5-13(18)8-12/h2-8,11H,9-10H2,1H3,(H,19,22)/t11-/m1/s1. The van der Waals surface area contributed by atoms with E-state index in [2.05, 4.69) is 15.5 Å². The number of aromatic nitrogens is 2. The van der Waals surface area contributed by atoms with Crippen molar-refractivity contribution >= 4 is 40.6 Å². The van der Waals surface area contributed by atoms with Crippen molar-refractivity contribution in [3.05, 3.63) is 57.6 Å². The summed E-state index contributed by atoms with van der Waals surface area (Å²) < 4.78 is 5.25. The average molecular weight is 394 g/mol. The maximum absolute atomic E-state index is 12.1. The van der Waals surface area contributed by atoms with Gasteiger partial charge in [0.15, 0.2) is 0 Å². The molecular weight excluding hydrogens is 378 g/mol. The van der Waals surface area contributed by atoms with Gasteiger partial charge in [0.2, 0.25) is 17.6 Å². The first-order chi connectivity index (χ1) is 12.1. The van der Waals surface area contributed by atoms with Crippen LogP contribution in [-0.4, -0.2) is 21.3 Å². The molecule has 0 aliphatic carbocycles. The highest BCUT2D eigenvalue weighted by molar-refractivity contribution is 7.99. The number of carbonyl (C=O) groups is 1. The largest absolute Gasteiger partial charge is 0.350 e. The van der Waals surface area contributed by atoms with Gasteiger partial charge in [0.05, 0.1) is 17.5 Å². The maximum atomic E-state index is 12.1. The summed E-state index contributed by atoms with van der Waals surface area (Å²) in [5.41, 5.74) is 0.800. The summed E-state index contributed by atoms with van der Waals surface area (Å²) in [5, 5.41) is 9.30. The zero-order valence-electron chi connectivity index (χ0n) is 13.4. The first-order valence-corrected chi connectivity index (χ1v) is 9.92. The number of hydrogen-bond acceptors (Lipinski definition) is 6. The number of amides is 1. The summed E-state index contributed by atoms with van der Waals surface area (Å²) in [6.45, 7) is 2.42. The maximum Gasteiger partial charge on any atom is 0.236 e. The molecule has 5 nitrogen and oxygen atoms in total. The zero-order valence-corrected chi connectivity index (χ0v) is 15.8. The van der Waals surface area contributed by atoms with E-state index in [0.29, 0.717) is 29.0 Å². The van der Waals surface area contributed by atoms with Crippen molar-refractivity contribution < 1.29 is 9.32 Å². The molecule has 0 spiro atoms. The summed E-state index contributed by atoms with van der Waals surface area (Å²) in [7, 11) is 0. The highest BCUT2D eigenvalue weighted by atomic mass is 35.5. The zero-order chi connectivity index (χ0) is 17.6. The van der Waals surface area contributed by atoms with Gasteiger partial charge in [-0.1, -0.05) is 35.0 Å². The van der Waals surface area contributed by atoms with Crippen LogP contribution in [0.1, 0.15) is 17.7 Å². The Morgan fingerprint density at radius 3 is 3.04 bits per heavy atom. The predicted molar refractivity (Wildman–Crippen MR) is 102 cm³/mol. The molecule has 0 unspecified atom stereocenters. The van der Waals surface area contributed by atoms with Gasteiger partial charge in [0.25, 0.3) is 0 Å². The van der Waals surface area contributed by atoms with Gasteiger partial charge < -0.3 is 9.84 Å². The lowest BCUT2D eigenvalue weighted by atomic mass is 10.2. The third-order valence-corrected chi connectivity index (χ3v) is 5.63. The lowest BCUT2D eigenvalue weighted by Gasteiger charge is -2.10. The molecule has 0 aliphatic heterocycles. The van der Waals surface area contributed by atoms with Crippen LogP contribution >= 0.6 is 34.7 Å². The molecule has 3 aromatic rings. The van der Waals surface area contributed by atoms with Crippen LogP contribution < -0.4 is 5.32 Å². The molecule has 3 rings (SSSR count).